The number of amides is 2. The number of alkyl halides is 3. The summed E-state index contributed by atoms with van der Waals surface area (Å²) in [5.74, 6) is 1.28. The molecule has 2 unspecified atom stereocenters. The second-order valence-corrected chi connectivity index (χ2v) is 8.80. The van der Waals surface area contributed by atoms with Gasteiger partial charge in [0.25, 0.3) is 0 Å². The van der Waals surface area contributed by atoms with Gasteiger partial charge in [-0.3, -0.25) is 0 Å². The minimum atomic E-state index is -4.38. The number of ether oxygens (including phenoxy) is 1. The predicted octanol–water partition coefficient (Wildman–Crippen LogP) is 3.99. The number of aromatic nitrogens is 2. The van der Waals surface area contributed by atoms with Crippen molar-refractivity contribution in [2.75, 3.05) is 39.4 Å². The van der Waals surface area contributed by atoms with E-state index in [1.54, 1.807) is 9.80 Å². The molecule has 2 aliphatic heterocycles. The molecular weight excluding hydrogens is 425 g/mol. The summed E-state index contributed by atoms with van der Waals surface area (Å²) in [7, 11) is 0. The van der Waals surface area contributed by atoms with Crippen molar-refractivity contribution in [2.24, 2.45) is 0 Å². The molecule has 1 saturated carbocycles. The first-order valence-electron chi connectivity index (χ1n) is 11.0. The predicted molar refractivity (Wildman–Crippen MR) is 107 cm³/mol. The van der Waals surface area contributed by atoms with Gasteiger partial charge in [0.1, 0.15) is 0 Å². The van der Waals surface area contributed by atoms with Gasteiger partial charge in [0.05, 0.1) is 18.8 Å². The lowest BCUT2D eigenvalue weighted by Crippen LogP contribution is -2.52. The van der Waals surface area contributed by atoms with Crippen LogP contribution in [0.15, 0.2) is 28.8 Å². The number of hydrogen-bond donors (Lipinski definition) is 0. The molecule has 0 spiro atoms. The maximum atomic E-state index is 13.2. The number of likely N-dealkylation sites (tertiary alicyclic amines) is 1. The van der Waals surface area contributed by atoms with Crippen LogP contribution < -0.4 is 0 Å². The lowest BCUT2D eigenvalue weighted by Gasteiger charge is -2.40. The Hall–Kier alpha value is -2.62. The number of carbonyl (C=O) groups is 1. The van der Waals surface area contributed by atoms with Gasteiger partial charge in [0.15, 0.2) is 5.82 Å². The van der Waals surface area contributed by atoms with Crippen molar-refractivity contribution in [1.29, 1.82) is 0 Å². The molecular formula is C22H25F3N4O3. The van der Waals surface area contributed by atoms with Crippen molar-refractivity contribution in [1.82, 2.24) is 19.9 Å². The van der Waals surface area contributed by atoms with Crippen molar-refractivity contribution >= 4 is 6.03 Å². The van der Waals surface area contributed by atoms with E-state index in [-0.39, 0.29) is 17.9 Å². The Bertz CT molecular complexity index is 952. The molecule has 1 aromatic heterocycles. The van der Waals surface area contributed by atoms with Gasteiger partial charge in [-0.1, -0.05) is 17.3 Å². The second kappa shape index (κ2) is 8.38. The Morgan fingerprint density at radius 2 is 1.66 bits per heavy atom. The summed E-state index contributed by atoms with van der Waals surface area (Å²) in [4.78, 5) is 21.3. The molecule has 1 aliphatic carbocycles. The first kappa shape index (κ1) is 21.2. The highest BCUT2D eigenvalue weighted by atomic mass is 19.4. The van der Waals surface area contributed by atoms with Crippen molar-refractivity contribution in [3.63, 3.8) is 0 Å². The molecule has 2 saturated heterocycles. The van der Waals surface area contributed by atoms with E-state index in [9.17, 15) is 18.0 Å². The van der Waals surface area contributed by atoms with Crippen LogP contribution in [0.5, 0.6) is 0 Å². The zero-order valence-corrected chi connectivity index (χ0v) is 17.6. The van der Waals surface area contributed by atoms with Gasteiger partial charge < -0.3 is 19.1 Å². The van der Waals surface area contributed by atoms with Gasteiger partial charge in [-0.2, -0.15) is 18.2 Å². The zero-order chi connectivity index (χ0) is 22.3. The molecule has 2 amide bonds. The van der Waals surface area contributed by atoms with E-state index < -0.39 is 11.7 Å². The van der Waals surface area contributed by atoms with Crippen LogP contribution in [0, 0.1) is 0 Å². The highest BCUT2D eigenvalue weighted by molar-refractivity contribution is 5.75. The number of morpholine rings is 1. The molecule has 32 heavy (non-hydrogen) atoms. The molecule has 0 N–H and O–H groups in total. The van der Waals surface area contributed by atoms with E-state index in [2.05, 4.69) is 10.1 Å². The number of nitrogens with zero attached hydrogens (tertiary/aromatic N) is 4. The highest BCUT2D eigenvalue weighted by Crippen LogP contribution is 2.41. The fourth-order valence-electron chi connectivity index (χ4n) is 4.49. The number of rotatable bonds is 3. The van der Waals surface area contributed by atoms with E-state index in [4.69, 9.17) is 9.26 Å². The summed E-state index contributed by atoms with van der Waals surface area (Å²) < 4.78 is 49.8. The topological polar surface area (TPSA) is 71.7 Å². The largest absolute Gasteiger partial charge is 0.416 e. The summed E-state index contributed by atoms with van der Waals surface area (Å²) in [5.41, 5.74) is 0.0930. The number of benzene rings is 1. The summed E-state index contributed by atoms with van der Waals surface area (Å²) in [6.07, 6.45) is -1.65. The minimum absolute atomic E-state index is 0.0826. The van der Waals surface area contributed by atoms with Gasteiger partial charge in [-0.25, -0.2) is 4.79 Å². The van der Waals surface area contributed by atoms with E-state index in [1.807, 2.05) is 0 Å². The number of hydrogen-bond acceptors (Lipinski definition) is 5. The Morgan fingerprint density at radius 3 is 2.31 bits per heavy atom. The Kier molecular flexibility index (Phi) is 5.56. The molecule has 0 radical (unpaired) electrons. The van der Waals surface area contributed by atoms with Crippen LogP contribution in [-0.4, -0.2) is 65.4 Å². The fraction of sp³-hybridized carbons (Fsp3) is 0.591. The lowest BCUT2D eigenvalue weighted by atomic mass is 9.84. The number of carbonyl (C=O) groups excluding carboxylic acids is 1. The van der Waals surface area contributed by atoms with Crippen molar-refractivity contribution in [2.45, 2.75) is 43.2 Å². The first-order valence-corrected chi connectivity index (χ1v) is 11.0. The van der Waals surface area contributed by atoms with Crippen LogP contribution in [0.1, 0.15) is 59.9 Å². The maximum Gasteiger partial charge on any atom is 0.416 e. The first-order chi connectivity index (χ1) is 15.4. The van der Waals surface area contributed by atoms with Crippen LogP contribution in [0.25, 0.3) is 0 Å². The second-order valence-electron chi connectivity index (χ2n) is 8.80. The summed E-state index contributed by atoms with van der Waals surface area (Å²) >= 11 is 0. The minimum Gasteiger partial charge on any atom is -0.378 e. The maximum absolute atomic E-state index is 13.2. The molecule has 2 atom stereocenters. The van der Waals surface area contributed by atoms with Crippen LogP contribution >= 0.6 is 0 Å². The van der Waals surface area contributed by atoms with Crippen molar-refractivity contribution < 1.29 is 27.2 Å². The van der Waals surface area contributed by atoms with Gasteiger partial charge >= 0.3 is 12.2 Å². The normalized spacial score (nSPS) is 24.6. The summed E-state index contributed by atoms with van der Waals surface area (Å²) in [6, 6.07) is 5.15. The molecule has 3 fully saturated rings. The molecule has 3 aliphatic rings. The third kappa shape index (κ3) is 4.46. The zero-order valence-electron chi connectivity index (χ0n) is 17.6. The van der Waals surface area contributed by atoms with Crippen LogP contribution in [-0.2, 0) is 10.9 Å². The summed E-state index contributed by atoms with van der Waals surface area (Å²) in [5, 5.41) is 4.18. The lowest BCUT2D eigenvalue weighted by molar-refractivity contribution is -0.137. The van der Waals surface area contributed by atoms with Crippen molar-refractivity contribution in [3.05, 3.63) is 47.1 Å². The smallest absolute Gasteiger partial charge is 0.378 e. The average Bonchev–Trinajstić information content (AvgIpc) is 3.54. The van der Waals surface area contributed by atoms with Gasteiger partial charge in [-0.15, -0.1) is 0 Å². The van der Waals surface area contributed by atoms with E-state index in [1.165, 1.54) is 12.1 Å². The van der Waals surface area contributed by atoms with Crippen LogP contribution in [0.4, 0.5) is 18.0 Å². The Morgan fingerprint density at radius 1 is 0.969 bits per heavy atom. The van der Waals surface area contributed by atoms with Gasteiger partial charge in [0, 0.05) is 43.9 Å². The molecule has 3 heterocycles. The number of urea groups is 1. The van der Waals surface area contributed by atoms with Gasteiger partial charge in [-0.05, 0) is 37.0 Å². The SMILES string of the molecule is O=C(N1CCOCC1)N1CC(c2ccc(C(F)(F)F)cc2)CC(c2noc(C3CC3)n2)C1. The third-order valence-electron chi connectivity index (χ3n) is 6.46. The Labute approximate surface area is 183 Å². The number of halogens is 3. The monoisotopic (exact) mass is 450 g/mol. The molecule has 5 rings (SSSR count). The van der Waals surface area contributed by atoms with Crippen LogP contribution in [0.2, 0.25) is 0 Å². The molecule has 10 heteroatoms. The Balaban J connectivity index is 1.39. The van der Waals surface area contributed by atoms with E-state index in [0.29, 0.717) is 63.4 Å². The fourth-order valence-corrected chi connectivity index (χ4v) is 4.49. The molecule has 172 valence electrons. The molecule has 1 aromatic carbocycles. The molecule has 7 nitrogen and oxygen atoms in total. The van der Waals surface area contributed by atoms with E-state index in [0.717, 1.165) is 30.5 Å². The van der Waals surface area contributed by atoms with Crippen LogP contribution in [0.3, 0.4) is 0 Å². The average molecular weight is 450 g/mol. The summed E-state index contributed by atoms with van der Waals surface area (Å²) in [6.45, 7) is 2.95. The molecule has 0 bridgehead atoms. The van der Waals surface area contributed by atoms with E-state index >= 15 is 0 Å². The standard InChI is InChI=1S/C22H25F3N4O3/c23-22(24,25)18-5-3-14(4-6-18)16-11-17(19-26-20(32-27-19)15-1-2-15)13-29(12-16)21(30)28-7-9-31-10-8-28/h3-6,15-17H,1-2,7-13H2. The highest BCUT2D eigenvalue weighted by Gasteiger charge is 2.38. The third-order valence-corrected chi connectivity index (χ3v) is 6.46. The van der Waals surface area contributed by atoms with Crippen molar-refractivity contribution in [3.8, 4) is 0 Å². The quantitative estimate of drug-likeness (QED) is 0.707. The molecule has 2 aromatic rings. The van der Waals surface area contributed by atoms with Gasteiger partial charge in [0.2, 0.25) is 5.89 Å². The number of piperidine rings is 1.